The summed E-state index contributed by atoms with van der Waals surface area (Å²) in [4.78, 5) is 11.9. The van der Waals surface area contributed by atoms with Gasteiger partial charge in [0, 0.05) is 11.9 Å². The van der Waals surface area contributed by atoms with E-state index in [0.29, 0.717) is 18.0 Å². The maximum absolute atomic E-state index is 11.9. The smallest absolute Gasteiger partial charge is 0.252 e. The number of thiophene rings is 1. The third-order valence-corrected chi connectivity index (χ3v) is 5.26. The van der Waals surface area contributed by atoms with E-state index in [1.165, 1.54) is 6.42 Å². The van der Waals surface area contributed by atoms with E-state index in [2.05, 4.69) is 34.8 Å². The minimum absolute atomic E-state index is 0.0826. The van der Waals surface area contributed by atoms with Crippen molar-refractivity contribution in [1.29, 1.82) is 0 Å². The van der Waals surface area contributed by atoms with Crippen molar-refractivity contribution in [3.05, 3.63) is 19.9 Å². The van der Waals surface area contributed by atoms with Gasteiger partial charge < -0.3 is 10.4 Å². The summed E-state index contributed by atoms with van der Waals surface area (Å²) in [5, 5.41) is 15.1. The number of halogens is 1. The molecule has 0 aliphatic heterocycles. The Labute approximate surface area is 125 Å². The Kier molecular flexibility index (Phi) is 4.66. The second kappa shape index (κ2) is 5.88. The molecule has 3 nitrogen and oxygen atoms in total. The van der Waals surface area contributed by atoms with Crippen molar-refractivity contribution in [1.82, 2.24) is 5.32 Å². The van der Waals surface area contributed by atoms with Crippen molar-refractivity contribution in [3.63, 3.8) is 0 Å². The minimum Gasteiger partial charge on any atom is -0.388 e. The van der Waals surface area contributed by atoms with Crippen LogP contribution in [-0.4, -0.2) is 23.2 Å². The Morgan fingerprint density at radius 3 is 3.11 bits per heavy atom. The number of aliphatic hydroxyl groups is 1. The zero-order valence-corrected chi connectivity index (χ0v) is 13.4. The average molecular weight is 379 g/mol. The molecule has 100 valence electrons. The molecule has 0 bridgehead atoms. The topological polar surface area (TPSA) is 49.3 Å². The lowest BCUT2D eigenvalue weighted by atomic mass is 9.79. The SMILES string of the molecule is CC1CCCC(O)(CNC(=O)c2csc(I)c2)C1. The lowest BCUT2D eigenvalue weighted by molar-refractivity contribution is -0.0109. The van der Waals surface area contributed by atoms with Crippen LogP contribution in [0.2, 0.25) is 0 Å². The lowest BCUT2D eigenvalue weighted by Crippen LogP contribution is -2.45. The third kappa shape index (κ3) is 3.68. The van der Waals surface area contributed by atoms with Gasteiger partial charge in [-0.25, -0.2) is 0 Å². The van der Waals surface area contributed by atoms with Crippen molar-refractivity contribution >= 4 is 39.8 Å². The van der Waals surface area contributed by atoms with Crippen LogP contribution in [-0.2, 0) is 0 Å². The van der Waals surface area contributed by atoms with Crippen molar-refractivity contribution in [2.45, 2.75) is 38.2 Å². The van der Waals surface area contributed by atoms with Crippen LogP contribution >= 0.6 is 33.9 Å². The van der Waals surface area contributed by atoms with Crippen LogP contribution in [0.5, 0.6) is 0 Å². The van der Waals surface area contributed by atoms with Crippen LogP contribution < -0.4 is 5.32 Å². The number of rotatable bonds is 3. The molecule has 0 saturated heterocycles. The largest absolute Gasteiger partial charge is 0.388 e. The number of carbonyl (C=O) groups is 1. The molecular formula is C13H18INO2S. The van der Waals surface area contributed by atoms with Gasteiger partial charge in [0.1, 0.15) is 0 Å². The summed E-state index contributed by atoms with van der Waals surface area (Å²) < 4.78 is 1.10. The van der Waals surface area contributed by atoms with Crippen molar-refractivity contribution < 1.29 is 9.90 Å². The summed E-state index contributed by atoms with van der Waals surface area (Å²) in [6, 6.07) is 1.87. The highest BCUT2D eigenvalue weighted by Gasteiger charge is 2.32. The Morgan fingerprint density at radius 2 is 2.50 bits per heavy atom. The fourth-order valence-electron chi connectivity index (χ4n) is 2.57. The standard InChI is InChI=1S/C13H18INO2S/c1-9-3-2-4-13(17,6-9)8-15-12(16)10-5-11(14)18-7-10/h5,7,9,17H,2-4,6,8H2,1H3,(H,15,16). The van der Waals surface area contributed by atoms with Gasteiger partial charge in [-0.2, -0.15) is 0 Å². The van der Waals surface area contributed by atoms with Gasteiger partial charge in [0.05, 0.1) is 14.0 Å². The molecule has 18 heavy (non-hydrogen) atoms. The molecule has 1 fully saturated rings. The molecule has 0 spiro atoms. The molecule has 2 rings (SSSR count). The Morgan fingerprint density at radius 1 is 1.72 bits per heavy atom. The molecule has 5 heteroatoms. The van der Waals surface area contributed by atoms with E-state index in [1.807, 2.05) is 11.4 Å². The fraction of sp³-hybridized carbons (Fsp3) is 0.615. The van der Waals surface area contributed by atoms with E-state index in [0.717, 1.165) is 22.1 Å². The number of hydrogen-bond donors (Lipinski definition) is 2. The molecule has 1 aromatic heterocycles. The van der Waals surface area contributed by atoms with E-state index < -0.39 is 5.60 Å². The van der Waals surface area contributed by atoms with Crippen LogP contribution in [0.1, 0.15) is 43.0 Å². The van der Waals surface area contributed by atoms with Gasteiger partial charge in [-0.1, -0.05) is 19.8 Å². The van der Waals surface area contributed by atoms with E-state index in [1.54, 1.807) is 11.3 Å². The summed E-state index contributed by atoms with van der Waals surface area (Å²) in [5.74, 6) is 0.462. The van der Waals surface area contributed by atoms with Crippen LogP contribution in [0.15, 0.2) is 11.4 Å². The molecule has 1 aliphatic rings. The quantitative estimate of drug-likeness (QED) is 0.794. The highest BCUT2D eigenvalue weighted by molar-refractivity contribution is 14.1. The minimum atomic E-state index is -0.712. The summed E-state index contributed by atoms with van der Waals surface area (Å²) in [6.07, 6.45) is 3.80. The molecule has 1 amide bonds. The fourth-order valence-corrected chi connectivity index (χ4v) is 3.90. The molecular weight excluding hydrogens is 361 g/mol. The number of carbonyl (C=O) groups excluding carboxylic acids is 1. The average Bonchev–Trinajstić information content (AvgIpc) is 2.73. The van der Waals surface area contributed by atoms with Gasteiger partial charge in [0.2, 0.25) is 0 Å². The van der Waals surface area contributed by atoms with Crippen LogP contribution in [0.25, 0.3) is 0 Å². The van der Waals surface area contributed by atoms with E-state index in [9.17, 15) is 9.90 Å². The second-order valence-electron chi connectivity index (χ2n) is 5.25. The summed E-state index contributed by atoms with van der Waals surface area (Å²) in [6.45, 7) is 2.52. The Balaban J connectivity index is 1.89. The normalized spacial score (nSPS) is 28.1. The van der Waals surface area contributed by atoms with Gasteiger partial charge in [0.15, 0.2) is 0 Å². The Bertz CT molecular complexity index is 434. The molecule has 0 radical (unpaired) electrons. The molecule has 1 saturated carbocycles. The number of amides is 1. The van der Waals surface area contributed by atoms with Gasteiger partial charge in [-0.15, -0.1) is 11.3 Å². The highest BCUT2D eigenvalue weighted by atomic mass is 127. The monoisotopic (exact) mass is 379 g/mol. The number of hydrogen-bond acceptors (Lipinski definition) is 3. The first-order chi connectivity index (χ1) is 8.48. The molecule has 2 unspecified atom stereocenters. The van der Waals surface area contributed by atoms with Gasteiger partial charge >= 0.3 is 0 Å². The van der Waals surface area contributed by atoms with Gasteiger partial charge in [-0.3, -0.25) is 4.79 Å². The first-order valence-electron chi connectivity index (χ1n) is 6.23. The van der Waals surface area contributed by atoms with Crippen molar-refractivity contribution in [3.8, 4) is 0 Å². The maximum Gasteiger partial charge on any atom is 0.252 e. The van der Waals surface area contributed by atoms with E-state index in [4.69, 9.17) is 0 Å². The predicted octanol–water partition coefficient (Wildman–Crippen LogP) is 3.02. The first-order valence-corrected chi connectivity index (χ1v) is 8.19. The summed E-state index contributed by atoms with van der Waals surface area (Å²) >= 11 is 3.76. The summed E-state index contributed by atoms with van der Waals surface area (Å²) in [7, 11) is 0. The van der Waals surface area contributed by atoms with Gasteiger partial charge in [0.25, 0.3) is 5.91 Å². The zero-order chi connectivity index (χ0) is 13.2. The Hall–Kier alpha value is -0.140. The maximum atomic E-state index is 11.9. The van der Waals surface area contributed by atoms with E-state index in [-0.39, 0.29) is 5.91 Å². The van der Waals surface area contributed by atoms with E-state index >= 15 is 0 Å². The third-order valence-electron chi connectivity index (χ3n) is 3.48. The van der Waals surface area contributed by atoms with Crippen LogP contribution in [0, 0.1) is 8.80 Å². The highest BCUT2D eigenvalue weighted by Crippen LogP contribution is 2.31. The summed E-state index contributed by atoms with van der Waals surface area (Å²) in [5.41, 5.74) is -0.0203. The first kappa shape index (κ1) is 14.3. The van der Waals surface area contributed by atoms with Crippen molar-refractivity contribution in [2.75, 3.05) is 6.54 Å². The molecule has 2 N–H and O–H groups in total. The van der Waals surface area contributed by atoms with Crippen molar-refractivity contribution in [2.24, 2.45) is 5.92 Å². The zero-order valence-electron chi connectivity index (χ0n) is 10.4. The van der Waals surface area contributed by atoms with Crippen LogP contribution in [0.4, 0.5) is 0 Å². The molecule has 0 aromatic carbocycles. The molecule has 1 aromatic rings. The molecule has 1 heterocycles. The number of nitrogens with one attached hydrogen (secondary N) is 1. The van der Waals surface area contributed by atoms with Crippen LogP contribution in [0.3, 0.4) is 0 Å². The predicted molar refractivity (Wildman–Crippen MR) is 82.0 cm³/mol. The second-order valence-corrected chi connectivity index (χ2v) is 8.05. The molecule has 1 aliphatic carbocycles. The van der Waals surface area contributed by atoms with Gasteiger partial charge in [-0.05, 0) is 47.4 Å². The lowest BCUT2D eigenvalue weighted by Gasteiger charge is -2.35. The molecule has 2 atom stereocenters.